The minimum atomic E-state index is -0.599. The third kappa shape index (κ3) is 2.24. The lowest BCUT2D eigenvalue weighted by atomic mass is 9.81. The predicted molar refractivity (Wildman–Crippen MR) is 96.1 cm³/mol. The molecule has 1 atom stereocenters. The second-order valence-corrected chi connectivity index (χ2v) is 6.30. The number of aryl methyl sites for hydroxylation is 1. The summed E-state index contributed by atoms with van der Waals surface area (Å²) < 4.78 is 6.60. The SMILES string of the molecule is C=CCn1c2c(c(=O)[nH]c1=O)[C@H](c1ccccc1C)C1=C(COC1=O)N2. The van der Waals surface area contributed by atoms with E-state index in [9.17, 15) is 14.4 Å². The monoisotopic (exact) mass is 351 g/mol. The van der Waals surface area contributed by atoms with Gasteiger partial charge in [0.2, 0.25) is 0 Å². The summed E-state index contributed by atoms with van der Waals surface area (Å²) in [6.45, 7) is 5.90. The number of cyclic esters (lactones) is 1. The Kier molecular flexibility index (Phi) is 3.64. The second kappa shape index (κ2) is 5.87. The van der Waals surface area contributed by atoms with Crippen molar-refractivity contribution in [3.8, 4) is 0 Å². The Morgan fingerprint density at radius 1 is 1.31 bits per heavy atom. The van der Waals surface area contributed by atoms with Crippen LogP contribution in [-0.4, -0.2) is 22.1 Å². The van der Waals surface area contributed by atoms with Gasteiger partial charge in [0.25, 0.3) is 5.56 Å². The van der Waals surface area contributed by atoms with Gasteiger partial charge in [0.1, 0.15) is 12.4 Å². The zero-order valence-corrected chi connectivity index (χ0v) is 14.2. The van der Waals surface area contributed by atoms with Crippen LogP contribution in [0.15, 0.2) is 57.8 Å². The van der Waals surface area contributed by atoms with Gasteiger partial charge in [-0.15, -0.1) is 6.58 Å². The highest BCUT2D eigenvalue weighted by atomic mass is 16.5. The molecule has 0 unspecified atom stereocenters. The number of hydrogen-bond donors (Lipinski definition) is 2. The van der Waals surface area contributed by atoms with Gasteiger partial charge in [-0.2, -0.15) is 0 Å². The number of anilines is 1. The lowest BCUT2D eigenvalue weighted by Crippen LogP contribution is -2.38. The van der Waals surface area contributed by atoms with Crippen LogP contribution in [0.4, 0.5) is 5.82 Å². The highest BCUT2D eigenvalue weighted by molar-refractivity contribution is 5.97. The molecule has 0 bridgehead atoms. The molecule has 3 heterocycles. The summed E-state index contributed by atoms with van der Waals surface area (Å²) >= 11 is 0. The second-order valence-electron chi connectivity index (χ2n) is 6.30. The van der Waals surface area contributed by atoms with E-state index in [0.29, 0.717) is 22.7 Å². The Morgan fingerprint density at radius 3 is 2.81 bits per heavy atom. The zero-order chi connectivity index (χ0) is 18.4. The molecule has 0 fully saturated rings. The largest absolute Gasteiger partial charge is 0.456 e. The molecule has 0 aliphatic carbocycles. The molecule has 7 nitrogen and oxygen atoms in total. The first kappa shape index (κ1) is 16.1. The lowest BCUT2D eigenvalue weighted by Gasteiger charge is -2.28. The number of carbonyl (C=O) groups excluding carboxylic acids is 1. The Labute approximate surface area is 148 Å². The van der Waals surface area contributed by atoms with Gasteiger partial charge in [-0.25, -0.2) is 9.59 Å². The van der Waals surface area contributed by atoms with Gasteiger partial charge in [0.05, 0.1) is 22.8 Å². The number of esters is 1. The molecule has 4 rings (SSSR count). The maximum absolute atomic E-state index is 12.7. The third-order valence-electron chi connectivity index (χ3n) is 4.79. The molecule has 2 aromatic rings. The zero-order valence-electron chi connectivity index (χ0n) is 14.2. The van der Waals surface area contributed by atoms with E-state index in [0.717, 1.165) is 11.1 Å². The van der Waals surface area contributed by atoms with Crippen LogP contribution in [0.5, 0.6) is 0 Å². The van der Waals surface area contributed by atoms with Gasteiger partial charge >= 0.3 is 11.7 Å². The van der Waals surface area contributed by atoms with Crippen molar-refractivity contribution < 1.29 is 9.53 Å². The van der Waals surface area contributed by atoms with E-state index in [1.807, 2.05) is 31.2 Å². The molecule has 2 N–H and O–H groups in total. The number of fused-ring (bicyclic) bond motifs is 1. The predicted octanol–water partition coefficient (Wildman–Crippen LogP) is 1.40. The number of hydrogen-bond acceptors (Lipinski definition) is 5. The Bertz CT molecular complexity index is 1090. The molecule has 1 aromatic heterocycles. The fraction of sp³-hybridized carbons (Fsp3) is 0.211. The van der Waals surface area contributed by atoms with Gasteiger partial charge in [-0.1, -0.05) is 30.3 Å². The molecule has 7 heteroatoms. The van der Waals surface area contributed by atoms with Crippen LogP contribution in [0.25, 0.3) is 0 Å². The van der Waals surface area contributed by atoms with Crippen LogP contribution < -0.4 is 16.6 Å². The van der Waals surface area contributed by atoms with Gasteiger partial charge in [-0.05, 0) is 18.1 Å². The first-order valence-electron chi connectivity index (χ1n) is 8.23. The normalized spacial score (nSPS) is 18.0. The van der Waals surface area contributed by atoms with Gasteiger partial charge in [0, 0.05) is 6.54 Å². The molecule has 2 aliphatic rings. The van der Waals surface area contributed by atoms with E-state index in [2.05, 4.69) is 16.9 Å². The van der Waals surface area contributed by atoms with Crippen LogP contribution in [0.1, 0.15) is 22.6 Å². The summed E-state index contributed by atoms with van der Waals surface area (Å²) in [4.78, 5) is 39.7. The molecule has 0 saturated heterocycles. The number of rotatable bonds is 3. The molecule has 0 spiro atoms. The molecular weight excluding hydrogens is 334 g/mol. The van der Waals surface area contributed by atoms with E-state index < -0.39 is 23.1 Å². The van der Waals surface area contributed by atoms with Crippen molar-refractivity contribution >= 4 is 11.8 Å². The molecule has 0 saturated carbocycles. The fourth-order valence-corrected chi connectivity index (χ4v) is 3.61. The number of aromatic nitrogens is 2. The minimum Gasteiger partial charge on any atom is -0.456 e. The first-order valence-corrected chi connectivity index (χ1v) is 8.23. The highest BCUT2D eigenvalue weighted by Gasteiger charge is 2.41. The van der Waals surface area contributed by atoms with Crippen molar-refractivity contribution in [1.82, 2.24) is 9.55 Å². The smallest absolute Gasteiger partial charge is 0.337 e. The number of aromatic amines is 1. The maximum Gasteiger partial charge on any atom is 0.337 e. The van der Waals surface area contributed by atoms with E-state index in [-0.39, 0.29) is 13.2 Å². The van der Waals surface area contributed by atoms with Crippen LogP contribution in [0.2, 0.25) is 0 Å². The van der Waals surface area contributed by atoms with E-state index in [1.54, 1.807) is 6.08 Å². The molecule has 132 valence electrons. The van der Waals surface area contributed by atoms with Crippen molar-refractivity contribution in [3.63, 3.8) is 0 Å². The molecule has 0 amide bonds. The van der Waals surface area contributed by atoms with Gasteiger partial charge in [0.15, 0.2) is 0 Å². The Morgan fingerprint density at radius 2 is 2.08 bits per heavy atom. The van der Waals surface area contributed by atoms with Crippen molar-refractivity contribution in [2.45, 2.75) is 19.4 Å². The summed E-state index contributed by atoms with van der Waals surface area (Å²) in [6, 6.07) is 7.56. The molecule has 26 heavy (non-hydrogen) atoms. The van der Waals surface area contributed by atoms with E-state index in [1.165, 1.54) is 4.57 Å². The minimum absolute atomic E-state index is 0.0884. The van der Waals surface area contributed by atoms with Crippen molar-refractivity contribution in [2.75, 3.05) is 11.9 Å². The number of nitrogens with one attached hydrogen (secondary N) is 2. The summed E-state index contributed by atoms with van der Waals surface area (Å²) in [5, 5.41) is 3.07. The molecule has 0 radical (unpaired) electrons. The van der Waals surface area contributed by atoms with Gasteiger partial charge < -0.3 is 10.1 Å². The quantitative estimate of drug-likeness (QED) is 0.644. The average Bonchev–Trinajstić information content (AvgIpc) is 2.98. The number of benzene rings is 1. The Balaban J connectivity index is 2.08. The number of allylic oxidation sites excluding steroid dienone is 1. The number of nitrogens with zero attached hydrogens (tertiary/aromatic N) is 1. The van der Waals surface area contributed by atoms with Gasteiger partial charge in [-0.3, -0.25) is 14.3 Å². The Hall–Kier alpha value is -3.35. The topological polar surface area (TPSA) is 93.2 Å². The van der Waals surface area contributed by atoms with Crippen molar-refractivity contribution in [3.05, 3.63) is 85.7 Å². The number of ether oxygens (including phenoxy) is 1. The van der Waals surface area contributed by atoms with Crippen molar-refractivity contribution in [2.24, 2.45) is 0 Å². The van der Waals surface area contributed by atoms with E-state index in [4.69, 9.17) is 4.74 Å². The molecule has 1 aromatic carbocycles. The van der Waals surface area contributed by atoms with Crippen LogP contribution in [0, 0.1) is 6.92 Å². The van der Waals surface area contributed by atoms with E-state index >= 15 is 0 Å². The third-order valence-corrected chi connectivity index (χ3v) is 4.79. The number of carbonyl (C=O) groups is 1. The average molecular weight is 351 g/mol. The molecular formula is C19H17N3O4. The van der Waals surface area contributed by atoms with Crippen LogP contribution in [-0.2, 0) is 16.1 Å². The highest BCUT2D eigenvalue weighted by Crippen LogP contribution is 2.43. The molecule has 2 aliphatic heterocycles. The fourth-order valence-electron chi connectivity index (χ4n) is 3.61. The summed E-state index contributed by atoms with van der Waals surface area (Å²) in [5.74, 6) is -0.672. The van der Waals surface area contributed by atoms with Crippen LogP contribution in [0.3, 0.4) is 0 Å². The lowest BCUT2D eigenvalue weighted by molar-refractivity contribution is -0.136. The summed E-state index contributed by atoms with van der Waals surface area (Å²) in [5.41, 5.74) is 2.06. The standard InChI is InChI=1S/C19H17N3O4/c1-3-8-22-16-15(17(23)21-19(22)25)13(11-7-5-4-6-10(11)2)14-12(20-16)9-26-18(14)24/h3-7,13,20H,1,8-9H2,2H3,(H,21,23,25)/t13-/m1/s1. The maximum atomic E-state index is 12.7. The summed E-state index contributed by atoms with van der Waals surface area (Å²) in [6.07, 6.45) is 1.57. The summed E-state index contributed by atoms with van der Waals surface area (Å²) in [7, 11) is 0. The number of H-pyrrole nitrogens is 1. The van der Waals surface area contributed by atoms with Crippen LogP contribution >= 0.6 is 0 Å². The van der Waals surface area contributed by atoms with Crippen molar-refractivity contribution in [1.29, 1.82) is 0 Å². The first-order chi connectivity index (χ1) is 12.5.